The summed E-state index contributed by atoms with van der Waals surface area (Å²) in [6.45, 7) is 6.15. The average molecular weight is 284 g/mol. The fraction of sp³-hybridized carbons (Fsp3) is 0.167. The van der Waals surface area contributed by atoms with Crippen LogP contribution in [0, 0.1) is 0 Å². The highest BCUT2D eigenvalue weighted by molar-refractivity contribution is 7.80. The predicted octanol–water partition coefficient (Wildman–Crippen LogP) is 2.02. The van der Waals surface area contributed by atoms with E-state index in [2.05, 4.69) is 22.7 Å². The van der Waals surface area contributed by atoms with Crippen molar-refractivity contribution in [2.24, 2.45) is 0 Å². The predicted molar refractivity (Wildman–Crippen MR) is 77.5 cm³/mol. The fourth-order valence-corrected chi connectivity index (χ4v) is 1.45. The van der Waals surface area contributed by atoms with E-state index in [0.717, 1.165) is 5.57 Å². The summed E-state index contributed by atoms with van der Waals surface area (Å²) >= 11 is 10.9. The molecule has 0 unspecified atom stereocenters. The molecule has 0 bridgehead atoms. The Morgan fingerprint density at radius 3 is 2.67 bits per heavy atom. The lowest BCUT2D eigenvalue weighted by Gasteiger charge is -2.11. The van der Waals surface area contributed by atoms with Crippen molar-refractivity contribution in [3.8, 4) is 0 Å². The molecule has 0 heterocycles. The van der Waals surface area contributed by atoms with Gasteiger partial charge in [0.05, 0.1) is 10.6 Å². The van der Waals surface area contributed by atoms with Gasteiger partial charge < -0.3 is 5.32 Å². The second kappa shape index (κ2) is 6.98. The van der Waals surface area contributed by atoms with Gasteiger partial charge in [-0.15, -0.1) is 0 Å². The number of carbonyl (C=O) groups is 1. The van der Waals surface area contributed by atoms with Gasteiger partial charge in [0.1, 0.15) is 0 Å². The van der Waals surface area contributed by atoms with Gasteiger partial charge in [0.25, 0.3) is 5.91 Å². The van der Waals surface area contributed by atoms with Gasteiger partial charge in [0.15, 0.2) is 5.11 Å². The number of thiocarbonyl (C=S) groups is 1. The number of nitrogens with one attached hydrogen (secondary N) is 3. The van der Waals surface area contributed by atoms with Crippen molar-refractivity contribution in [3.05, 3.63) is 47.0 Å². The van der Waals surface area contributed by atoms with Crippen LogP contribution in [-0.4, -0.2) is 17.6 Å². The maximum Gasteiger partial charge on any atom is 0.271 e. The maximum absolute atomic E-state index is 11.7. The lowest BCUT2D eigenvalue weighted by Crippen LogP contribution is -2.47. The first-order valence-electron chi connectivity index (χ1n) is 5.24. The molecule has 1 amide bonds. The van der Waals surface area contributed by atoms with Crippen molar-refractivity contribution >= 4 is 34.8 Å². The molecule has 0 saturated carbocycles. The molecule has 0 saturated heterocycles. The lowest BCUT2D eigenvalue weighted by atomic mass is 10.2. The van der Waals surface area contributed by atoms with Crippen LogP contribution in [0.1, 0.15) is 17.3 Å². The van der Waals surface area contributed by atoms with Crippen LogP contribution in [0.15, 0.2) is 36.4 Å². The SMILES string of the molecule is C=C(C)CNC(=S)NNC(=O)c1ccccc1Cl. The summed E-state index contributed by atoms with van der Waals surface area (Å²) in [5.41, 5.74) is 6.37. The molecule has 0 spiro atoms. The summed E-state index contributed by atoms with van der Waals surface area (Å²) in [6.07, 6.45) is 0. The first kappa shape index (κ1) is 14.5. The molecule has 0 fully saturated rings. The van der Waals surface area contributed by atoms with E-state index in [9.17, 15) is 4.79 Å². The van der Waals surface area contributed by atoms with Gasteiger partial charge in [-0.25, -0.2) is 0 Å². The second-order valence-corrected chi connectivity index (χ2v) is 4.51. The Hall–Kier alpha value is -1.59. The molecular weight excluding hydrogens is 270 g/mol. The Balaban J connectivity index is 2.45. The Morgan fingerprint density at radius 2 is 2.06 bits per heavy atom. The van der Waals surface area contributed by atoms with Gasteiger partial charge >= 0.3 is 0 Å². The van der Waals surface area contributed by atoms with Crippen LogP contribution in [0.3, 0.4) is 0 Å². The summed E-state index contributed by atoms with van der Waals surface area (Å²) in [4.78, 5) is 11.7. The largest absolute Gasteiger partial charge is 0.358 e. The lowest BCUT2D eigenvalue weighted by molar-refractivity contribution is 0.0944. The minimum absolute atomic E-state index is 0.318. The quantitative estimate of drug-likeness (QED) is 0.451. The normalized spacial score (nSPS) is 9.44. The van der Waals surface area contributed by atoms with Gasteiger partial charge in [-0.1, -0.05) is 35.9 Å². The van der Waals surface area contributed by atoms with E-state index in [1.165, 1.54) is 0 Å². The van der Waals surface area contributed by atoms with Crippen LogP contribution in [0.2, 0.25) is 5.02 Å². The third-order valence-electron chi connectivity index (χ3n) is 1.96. The fourth-order valence-electron chi connectivity index (χ4n) is 1.10. The Kier molecular flexibility index (Phi) is 5.61. The van der Waals surface area contributed by atoms with Crippen molar-refractivity contribution in [3.63, 3.8) is 0 Å². The van der Waals surface area contributed by atoms with Gasteiger partial charge in [0, 0.05) is 6.54 Å². The molecule has 0 aliphatic heterocycles. The zero-order valence-corrected chi connectivity index (χ0v) is 11.5. The van der Waals surface area contributed by atoms with E-state index >= 15 is 0 Å². The molecule has 4 nitrogen and oxygen atoms in total. The topological polar surface area (TPSA) is 53.2 Å². The molecule has 0 radical (unpaired) electrons. The number of amides is 1. The molecule has 0 atom stereocenters. The number of carbonyl (C=O) groups excluding carboxylic acids is 1. The number of rotatable bonds is 3. The van der Waals surface area contributed by atoms with Crippen LogP contribution in [0.25, 0.3) is 0 Å². The first-order valence-corrected chi connectivity index (χ1v) is 6.02. The number of hydrogen-bond acceptors (Lipinski definition) is 2. The van der Waals surface area contributed by atoms with Crippen LogP contribution in [0.5, 0.6) is 0 Å². The molecule has 1 aromatic carbocycles. The summed E-state index contributed by atoms with van der Waals surface area (Å²) in [5, 5.41) is 3.58. The molecule has 0 aromatic heterocycles. The summed E-state index contributed by atoms with van der Waals surface area (Å²) in [5.74, 6) is -0.347. The first-order chi connectivity index (χ1) is 8.50. The minimum Gasteiger partial charge on any atom is -0.358 e. The van der Waals surface area contributed by atoms with Crippen LogP contribution < -0.4 is 16.2 Å². The number of benzene rings is 1. The molecule has 3 N–H and O–H groups in total. The average Bonchev–Trinajstić information content (AvgIpc) is 2.34. The molecule has 1 aromatic rings. The molecule has 18 heavy (non-hydrogen) atoms. The van der Waals surface area contributed by atoms with Crippen molar-refractivity contribution in [1.29, 1.82) is 0 Å². The van der Waals surface area contributed by atoms with Gasteiger partial charge in [-0.05, 0) is 31.3 Å². The van der Waals surface area contributed by atoms with Crippen LogP contribution >= 0.6 is 23.8 Å². The summed E-state index contributed by atoms with van der Waals surface area (Å²) < 4.78 is 0. The number of halogens is 1. The standard InChI is InChI=1S/C12H14ClN3OS/c1-8(2)7-14-12(18)16-15-11(17)9-5-3-4-6-10(9)13/h3-6H,1,7H2,2H3,(H,15,17)(H2,14,16,18). The zero-order valence-electron chi connectivity index (χ0n) is 9.92. The van der Waals surface area contributed by atoms with Crippen molar-refractivity contribution in [2.75, 3.05) is 6.54 Å². The smallest absolute Gasteiger partial charge is 0.271 e. The number of hydrazine groups is 1. The highest BCUT2D eigenvalue weighted by Gasteiger charge is 2.08. The Labute approximate surface area is 116 Å². The molecule has 96 valence electrons. The Morgan fingerprint density at radius 1 is 1.39 bits per heavy atom. The van der Waals surface area contributed by atoms with Crippen molar-refractivity contribution < 1.29 is 4.79 Å². The molecular formula is C12H14ClN3OS. The van der Waals surface area contributed by atoms with Crippen LogP contribution in [-0.2, 0) is 0 Å². The summed E-state index contributed by atoms with van der Waals surface area (Å²) in [6, 6.07) is 6.77. The highest BCUT2D eigenvalue weighted by Crippen LogP contribution is 2.13. The second-order valence-electron chi connectivity index (χ2n) is 3.70. The summed E-state index contributed by atoms with van der Waals surface area (Å²) in [7, 11) is 0. The van der Waals surface area contributed by atoms with Gasteiger partial charge in [0.2, 0.25) is 0 Å². The third-order valence-corrected chi connectivity index (χ3v) is 2.53. The molecule has 1 rings (SSSR count). The Bertz CT molecular complexity index is 476. The minimum atomic E-state index is -0.347. The van der Waals surface area contributed by atoms with Crippen molar-refractivity contribution in [2.45, 2.75) is 6.92 Å². The third kappa shape index (κ3) is 4.73. The molecule has 0 aliphatic carbocycles. The highest BCUT2D eigenvalue weighted by atomic mass is 35.5. The van der Waals surface area contributed by atoms with E-state index in [-0.39, 0.29) is 5.91 Å². The van der Waals surface area contributed by atoms with E-state index in [4.69, 9.17) is 23.8 Å². The molecule has 0 aliphatic rings. The van der Waals surface area contributed by atoms with E-state index in [1.54, 1.807) is 24.3 Å². The number of hydrogen-bond donors (Lipinski definition) is 3. The van der Waals surface area contributed by atoms with Crippen LogP contribution in [0.4, 0.5) is 0 Å². The van der Waals surface area contributed by atoms with Crippen molar-refractivity contribution in [1.82, 2.24) is 16.2 Å². The van der Waals surface area contributed by atoms with E-state index in [1.807, 2.05) is 6.92 Å². The van der Waals surface area contributed by atoms with E-state index in [0.29, 0.717) is 22.2 Å². The molecule has 6 heteroatoms. The van der Waals surface area contributed by atoms with Gasteiger partial charge in [-0.2, -0.15) is 0 Å². The monoisotopic (exact) mass is 283 g/mol. The maximum atomic E-state index is 11.7. The zero-order chi connectivity index (χ0) is 13.5. The van der Waals surface area contributed by atoms with E-state index < -0.39 is 0 Å². The van der Waals surface area contributed by atoms with Gasteiger partial charge in [-0.3, -0.25) is 15.6 Å².